The minimum absolute atomic E-state index is 0.00112. The number of hydrogen-bond donors (Lipinski definition) is 2. The van der Waals surface area contributed by atoms with Crippen LogP contribution in [-0.4, -0.2) is 47.9 Å². The molecular weight excluding hydrogens is 344 g/mol. The summed E-state index contributed by atoms with van der Waals surface area (Å²) in [5, 5.41) is 20.9. The number of unbranched alkanes of at least 4 members (excludes halogenated alkanes) is 1. The van der Waals surface area contributed by atoms with Gasteiger partial charge in [-0.2, -0.15) is 0 Å². The van der Waals surface area contributed by atoms with E-state index in [0.29, 0.717) is 30.6 Å². The van der Waals surface area contributed by atoms with Crippen molar-refractivity contribution in [1.82, 2.24) is 4.90 Å². The van der Waals surface area contributed by atoms with Crippen LogP contribution in [0.4, 0.5) is 0 Å². The van der Waals surface area contributed by atoms with Crippen LogP contribution in [0.5, 0.6) is 0 Å². The lowest BCUT2D eigenvalue weighted by Gasteiger charge is -2.26. The summed E-state index contributed by atoms with van der Waals surface area (Å²) in [6.07, 6.45) is 1.23. The third-order valence-corrected chi connectivity index (χ3v) is 4.85. The van der Waals surface area contributed by atoms with Crippen LogP contribution < -0.4 is 5.06 Å². The molecule has 148 valence electrons. The molecule has 0 aliphatic carbocycles. The summed E-state index contributed by atoms with van der Waals surface area (Å²) >= 11 is 0. The van der Waals surface area contributed by atoms with Gasteiger partial charge in [-0.15, -0.1) is 0 Å². The number of nitrogens with zero attached hydrogens (tertiary/aromatic N) is 1. The van der Waals surface area contributed by atoms with Gasteiger partial charge in [-0.05, 0) is 44.7 Å². The van der Waals surface area contributed by atoms with E-state index in [1.165, 1.54) is 0 Å². The molecule has 1 atom stereocenters. The number of carbonyl (C=O) groups excluding carboxylic acids is 2. The Bertz CT molecular complexity index is 719. The number of aliphatic hydroxyl groups excluding tert-OH is 1. The molecule has 1 heterocycles. The average molecular weight is 374 g/mol. The van der Waals surface area contributed by atoms with Crippen LogP contribution in [0.3, 0.4) is 0 Å². The highest BCUT2D eigenvalue weighted by atomic mass is 16.5. The van der Waals surface area contributed by atoms with Crippen LogP contribution in [0.2, 0.25) is 0 Å². The second kappa shape index (κ2) is 9.26. The van der Waals surface area contributed by atoms with Crippen molar-refractivity contribution in [1.29, 1.82) is 0 Å². The first-order chi connectivity index (χ1) is 12.7. The molecule has 1 amide bonds. The van der Waals surface area contributed by atoms with E-state index in [1.807, 2.05) is 45.9 Å². The molecule has 2 rings (SSSR count). The summed E-state index contributed by atoms with van der Waals surface area (Å²) in [4.78, 5) is 27.5. The number of hydroxylamine groups is 2. The highest BCUT2D eigenvalue weighted by Crippen LogP contribution is 2.24. The number of aryl methyl sites for hydroxylation is 2. The zero-order chi connectivity index (χ0) is 20.1. The Kier molecular flexibility index (Phi) is 7.30. The van der Waals surface area contributed by atoms with E-state index in [2.05, 4.69) is 0 Å². The standard InChI is InChI=1S/C21H30N2O4/c1-14(2)18-12-23(27)19(25)13-22(7-5-6-8-24)20(18)21(26)17-10-15(3)9-16(4)11-17/h9-11,14,23-24H,5-8,12-13H2,1-4H3. The van der Waals surface area contributed by atoms with Gasteiger partial charge >= 0.3 is 5.91 Å². The molecule has 0 bridgehead atoms. The number of quaternary nitrogens is 1. The third-order valence-electron chi connectivity index (χ3n) is 4.85. The number of rotatable bonds is 7. The molecule has 0 aromatic heterocycles. The topological polar surface area (TPSA) is 85.1 Å². The fourth-order valence-electron chi connectivity index (χ4n) is 3.51. The van der Waals surface area contributed by atoms with Crippen molar-refractivity contribution in [2.45, 2.75) is 40.5 Å². The Morgan fingerprint density at radius 1 is 1.22 bits per heavy atom. The highest BCUT2D eigenvalue weighted by molar-refractivity contribution is 6.09. The molecule has 6 heteroatoms. The molecule has 1 aromatic carbocycles. The van der Waals surface area contributed by atoms with Crippen molar-refractivity contribution < 1.29 is 19.8 Å². The van der Waals surface area contributed by atoms with Crippen molar-refractivity contribution in [3.05, 3.63) is 51.4 Å². The maximum absolute atomic E-state index is 13.5. The number of nitrogens with one attached hydrogen (secondary N) is 1. The first-order valence-electron chi connectivity index (χ1n) is 9.52. The number of carbonyl (C=O) groups is 2. The number of Topliss-reactive ketones (excluding diaryl/α,β-unsaturated/α-hetero) is 1. The number of amides is 1. The molecule has 27 heavy (non-hydrogen) atoms. The van der Waals surface area contributed by atoms with Gasteiger partial charge in [-0.3, -0.25) is 4.79 Å². The molecule has 2 N–H and O–H groups in total. The number of hydrogen-bond acceptors (Lipinski definition) is 5. The third kappa shape index (κ3) is 5.25. The Morgan fingerprint density at radius 2 is 1.85 bits per heavy atom. The van der Waals surface area contributed by atoms with Gasteiger partial charge in [0.15, 0.2) is 0 Å². The van der Waals surface area contributed by atoms with Gasteiger partial charge in [0, 0.05) is 24.3 Å². The van der Waals surface area contributed by atoms with Gasteiger partial charge in [-0.1, -0.05) is 31.0 Å². The van der Waals surface area contributed by atoms with E-state index in [-0.39, 0.29) is 31.4 Å². The fraction of sp³-hybridized carbons (Fsp3) is 0.524. The predicted octanol–water partition coefficient (Wildman–Crippen LogP) is 1.39. The first kappa shape index (κ1) is 21.3. The van der Waals surface area contributed by atoms with Crippen LogP contribution in [-0.2, 0) is 4.79 Å². The molecular formula is C21H30N2O4. The molecule has 0 spiro atoms. The lowest BCUT2D eigenvalue weighted by atomic mass is 9.94. The quantitative estimate of drug-likeness (QED) is 0.428. The van der Waals surface area contributed by atoms with Crippen molar-refractivity contribution in [3.8, 4) is 0 Å². The lowest BCUT2D eigenvalue weighted by Crippen LogP contribution is -3.10. The van der Waals surface area contributed by atoms with Crippen molar-refractivity contribution in [2.75, 3.05) is 26.2 Å². The predicted molar refractivity (Wildman–Crippen MR) is 104 cm³/mol. The number of aliphatic hydroxyl groups is 1. The highest BCUT2D eigenvalue weighted by Gasteiger charge is 2.32. The van der Waals surface area contributed by atoms with Crippen molar-refractivity contribution >= 4 is 11.7 Å². The van der Waals surface area contributed by atoms with Crippen LogP contribution >= 0.6 is 0 Å². The van der Waals surface area contributed by atoms with Crippen LogP contribution in [0.25, 0.3) is 0 Å². The maximum atomic E-state index is 13.5. The maximum Gasteiger partial charge on any atom is 0.331 e. The van der Waals surface area contributed by atoms with E-state index >= 15 is 0 Å². The van der Waals surface area contributed by atoms with Crippen LogP contribution in [0.15, 0.2) is 29.5 Å². The molecule has 6 nitrogen and oxygen atoms in total. The average Bonchev–Trinajstić information content (AvgIpc) is 2.71. The number of ketones is 1. The molecule has 1 aliphatic rings. The zero-order valence-electron chi connectivity index (χ0n) is 16.7. The summed E-state index contributed by atoms with van der Waals surface area (Å²) in [7, 11) is 0. The Morgan fingerprint density at radius 3 is 2.41 bits per heavy atom. The smallest absolute Gasteiger partial charge is 0.331 e. The van der Waals surface area contributed by atoms with Gasteiger partial charge in [0.2, 0.25) is 5.78 Å². The molecule has 0 saturated carbocycles. The first-order valence-corrected chi connectivity index (χ1v) is 9.52. The van der Waals surface area contributed by atoms with E-state index in [4.69, 9.17) is 5.11 Å². The lowest BCUT2D eigenvalue weighted by molar-refractivity contribution is -0.758. The monoisotopic (exact) mass is 374 g/mol. The Balaban J connectivity index is 2.53. The van der Waals surface area contributed by atoms with Crippen molar-refractivity contribution in [3.63, 3.8) is 0 Å². The second-order valence-electron chi connectivity index (χ2n) is 7.61. The van der Waals surface area contributed by atoms with Crippen LogP contribution in [0.1, 0.15) is 48.2 Å². The summed E-state index contributed by atoms with van der Waals surface area (Å²) in [6, 6.07) is 5.70. The SMILES string of the molecule is Cc1cc(C)cc(C(=O)C2=C(C(C)C)C[NH+]([O-])C(=O)CN2CCCCO)c1. The van der Waals surface area contributed by atoms with Crippen molar-refractivity contribution in [2.24, 2.45) is 5.92 Å². The minimum Gasteiger partial charge on any atom is -0.626 e. The second-order valence-corrected chi connectivity index (χ2v) is 7.61. The van der Waals surface area contributed by atoms with Gasteiger partial charge in [0.05, 0.1) is 5.70 Å². The van der Waals surface area contributed by atoms with E-state index in [1.54, 1.807) is 4.90 Å². The fourth-order valence-corrected chi connectivity index (χ4v) is 3.51. The summed E-state index contributed by atoms with van der Waals surface area (Å²) < 4.78 is 0. The van der Waals surface area contributed by atoms with E-state index in [0.717, 1.165) is 16.7 Å². The van der Waals surface area contributed by atoms with Crippen LogP contribution in [0, 0.1) is 25.0 Å². The van der Waals surface area contributed by atoms with E-state index in [9.17, 15) is 14.8 Å². The Hall–Kier alpha value is -2.02. The molecule has 0 radical (unpaired) electrons. The molecule has 0 fully saturated rings. The molecule has 1 unspecified atom stereocenters. The number of benzene rings is 1. The zero-order valence-corrected chi connectivity index (χ0v) is 16.7. The normalized spacial score (nSPS) is 18.3. The van der Waals surface area contributed by atoms with Gasteiger partial charge in [0.25, 0.3) is 0 Å². The van der Waals surface area contributed by atoms with Gasteiger partial charge in [0.1, 0.15) is 13.1 Å². The minimum atomic E-state index is -0.458. The molecule has 1 aliphatic heterocycles. The summed E-state index contributed by atoms with van der Waals surface area (Å²) in [5.74, 6) is -0.623. The Labute approximate surface area is 161 Å². The molecule has 1 aromatic rings. The largest absolute Gasteiger partial charge is 0.626 e. The summed E-state index contributed by atoms with van der Waals surface area (Å²) in [5.41, 5.74) is 3.77. The summed E-state index contributed by atoms with van der Waals surface area (Å²) in [6.45, 7) is 8.22. The van der Waals surface area contributed by atoms with E-state index < -0.39 is 11.0 Å². The number of allylic oxidation sites excluding steroid dienone is 1. The van der Waals surface area contributed by atoms with Gasteiger partial charge < -0.3 is 20.3 Å². The molecule has 0 saturated heterocycles. The van der Waals surface area contributed by atoms with Gasteiger partial charge in [-0.25, -0.2) is 4.79 Å².